The highest BCUT2D eigenvalue weighted by molar-refractivity contribution is 14.0. The van der Waals surface area contributed by atoms with Gasteiger partial charge in [0.15, 0.2) is 5.96 Å². The van der Waals surface area contributed by atoms with Crippen molar-refractivity contribution in [3.63, 3.8) is 0 Å². The lowest BCUT2D eigenvalue weighted by atomic mass is 10.0. The Bertz CT molecular complexity index is 734. The van der Waals surface area contributed by atoms with Gasteiger partial charge in [0.05, 0.1) is 19.8 Å². The summed E-state index contributed by atoms with van der Waals surface area (Å²) in [6.07, 6.45) is 1.64. The van der Waals surface area contributed by atoms with Crippen molar-refractivity contribution in [2.45, 2.75) is 52.2 Å². The summed E-state index contributed by atoms with van der Waals surface area (Å²) in [5.74, 6) is 1.08. The zero-order chi connectivity index (χ0) is 21.4. The van der Waals surface area contributed by atoms with E-state index in [1.165, 1.54) is 11.1 Å². The molecule has 31 heavy (non-hydrogen) atoms. The van der Waals surface area contributed by atoms with Crippen LogP contribution in [0, 0.1) is 0 Å². The summed E-state index contributed by atoms with van der Waals surface area (Å²) in [4.78, 5) is 21.3. The molecule has 1 aromatic carbocycles. The summed E-state index contributed by atoms with van der Waals surface area (Å²) < 4.78 is 5.49. The highest BCUT2D eigenvalue weighted by Gasteiger charge is 2.28. The number of rotatable bonds is 8. The van der Waals surface area contributed by atoms with Crippen molar-refractivity contribution in [3.05, 3.63) is 35.4 Å². The van der Waals surface area contributed by atoms with E-state index in [4.69, 9.17) is 9.73 Å². The van der Waals surface area contributed by atoms with Gasteiger partial charge in [-0.3, -0.25) is 9.69 Å². The maximum atomic E-state index is 12.0. The first-order chi connectivity index (χ1) is 14.5. The molecule has 0 radical (unpaired) electrons. The van der Waals surface area contributed by atoms with Crippen LogP contribution in [-0.2, 0) is 22.6 Å². The zero-order valence-electron chi connectivity index (χ0n) is 19.2. The molecule has 2 aliphatic heterocycles. The van der Waals surface area contributed by atoms with Gasteiger partial charge in [0.2, 0.25) is 5.91 Å². The topological polar surface area (TPSA) is 69.2 Å². The lowest BCUT2D eigenvalue weighted by Gasteiger charge is -2.41. The van der Waals surface area contributed by atoms with Crippen molar-refractivity contribution >= 4 is 35.8 Å². The van der Waals surface area contributed by atoms with Crippen molar-refractivity contribution in [3.8, 4) is 0 Å². The number of ether oxygens (including phenoxy) is 1. The summed E-state index contributed by atoms with van der Waals surface area (Å²) in [6.45, 7) is 13.9. The van der Waals surface area contributed by atoms with Crippen LogP contribution in [0.2, 0.25) is 0 Å². The largest absolute Gasteiger partial charge is 0.379 e. The van der Waals surface area contributed by atoms with Gasteiger partial charge >= 0.3 is 0 Å². The average molecular weight is 543 g/mol. The summed E-state index contributed by atoms with van der Waals surface area (Å²) in [5.41, 5.74) is 2.37. The molecule has 2 saturated heterocycles. The van der Waals surface area contributed by atoms with Crippen LogP contribution >= 0.6 is 24.0 Å². The smallest absolute Gasteiger partial charge is 0.222 e. The Kier molecular flexibility index (Phi) is 10.5. The number of guanidine groups is 1. The number of amides is 1. The summed E-state index contributed by atoms with van der Waals surface area (Å²) in [5, 5.41) is 6.88. The standard InChI is InChI=1S/C23H37N5O2.HI/c1-4-24-22(26-18-23(2,3)28-12-14-30-15-13-28)25-16-19-8-5-6-9-20(19)17-27-11-7-10-21(27)29;/h5-6,8-9H,4,7,10-18H2,1-3H3,(H2,24,25,26);1H. The molecule has 1 amide bonds. The number of likely N-dealkylation sites (tertiary alicyclic amines) is 1. The van der Waals surface area contributed by atoms with Crippen LogP contribution in [0.5, 0.6) is 0 Å². The Morgan fingerprint density at radius 1 is 1.13 bits per heavy atom. The first kappa shape index (κ1) is 25.9. The molecule has 0 saturated carbocycles. The third-order valence-corrected chi connectivity index (χ3v) is 5.96. The molecule has 2 N–H and O–H groups in total. The van der Waals surface area contributed by atoms with Crippen molar-refractivity contribution < 1.29 is 9.53 Å². The van der Waals surface area contributed by atoms with Gasteiger partial charge in [-0.15, -0.1) is 24.0 Å². The van der Waals surface area contributed by atoms with Crippen LogP contribution < -0.4 is 10.6 Å². The van der Waals surface area contributed by atoms with Crippen LogP contribution in [0.4, 0.5) is 0 Å². The Labute approximate surface area is 204 Å². The zero-order valence-corrected chi connectivity index (χ0v) is 21.5. The summed E-state index contributed by atoms with van der Waals surface area (Å²) in [7, 11) is 0. The maximum Gasteiger partial charge on any atom is 0.222 e. The molecule has 0 unspecified atom stereocenters. The number of carbonyl (C=O) groups is 1. The van der Waals surface area contributed by atoms with Gasteiger partial charge in [0, 0.05) is 51.2 Å². The SMILES string of the molecule is CCNC(=NCc1ccccc1CN1CCCC1=O)NCC(C)(C)N1CCOCC1.I. The number of nitrogens with one attached hydrogen (secondary N) is 2. The third kappa shape index (κ3) is 7.61. The number of nitrogens with zero attached hydrogens (tertiary/aromatic N) is 3. The minimum Gasteiger partial charge on any atom is -0.379 e. The number of hydrogen-bond donors (Lipinski definition) is 2. The van der Waals surface area contributed by atoms with Crippen LogP contribution in [0.15, 0.2) is 29.3 Å². The average Bonchev–Trinajstić information content (AvgIpc) is 3.16. The molecule has 1 aromatic rings. The molecule has 3 rings (SSSR count). The predicted octanol–water partition coefficient (Wildman–Crippen LogP) is 2.59. The molecule has 8 heteroatoms. The van der Waals surface area contributed by atoms with Crippen LogP contribution in [0.1, 0.15) is 44.7 Å². The fraction of sp³-hybridized carbons (Fsp3) is 0.652. The van der Waals surface area contributed by atoms with E-state index >= 15 is 0 Å². The molecule has 0 aromatic heterocycles. The highest BCUT2D eigenvalue weighted by atomic mass is 127. The van der Waals surface area contributed by atoms with Gasteiger partial charge < -0.3 is 20.3 Å². The molecule has 0 aliphatic carbocycles. The van der Waals surface area contributed by atoms with Crippen LogP contribution in [0.25, 0.3) is 0 Å². The molecule has 2 heterocycles. The molecule has 2 aliphatic rings. The first-order valence-corrected chi connectivity index (χ1v) is 11.2. The van der Waals surface area contributed by atoms with E-state index in [0.29, 0.717) is 19.5 Å². The molecule has 0 atom stereocenters. The second kappa shape index (κ2) is 12.6. The van der Waals surface area contributed by atoms with Crippen molar-refractivity contribution in [2.75, 3.05) is 45.9 Å². The van der Waals surface area contributed by atoms with Crippen LogP contribution in [-0.4, -0.2) is 73.1 Å². The predicted molar refractivity (Wildman–Crippen MR) is 136 cm³/mol. The Morgan fingerprint density at radius 3 is 2.48 bits per heavy atom. The van der Waals surface area contributed by atoms with Crippen molar-refractivity contribution in [2.24, 2.45) is 4.99 Å². The molecule has 7 nitrogen and oxygen atoms in total. The highest BCUT2D eigenvalue weighted by Crippen LogP contribution is 2.18. The molecular weight excluding hydrogens is 505 g/mol. The number of benzene rings is 1. The van der Waals surface area contributed by atoms with Crippen LogP contribution in [0.3, 0.4) is 0 Å². The van der Waals surface area contributed by atoms with Crippen molar-refractivity contribution in [1.82, 2.24) is 20.4 Å². The maximum absolute atomic E-state index is 12.0. The minimum atomic E-state index is 0. The number of morpholine rings is 1. The normalized spacial score (nSPS) is 18.1. The van der Waals surface area contributed by atoms with E-state index in [0.717, 1.165) is 58.3 Å². The van der Waals surface area contributed by atoms with Gasteiger partial charge in [-0.2, -0.15) is 0 Å². The fourth-order valence-electron chi connectivity index (χ4n) is 4.03. The van der Waals surface area contributed by atoms with E-state index in [-0.39, 0.29) is 35.4 Å². The van der Waals surface area contributed by atoms with E-state index in [2.05, 4.69) is 48.4 Å². The second-order valence-corrected chi connectivity index (χ2v) is 8.65. The molecule has 0 bridgehead atoms. The van der Waals surface area contributed by atoms with Gasteiger partial charge in [0.25, 0.3) is 0 Å². The van der Waals surface area contributed by atoms with Gasteiger partial charge in [-0.1, -0.05) is 24.3 Å². The van der Waals surface area contributed by atoms with Crippen molar-refractivity contribution in [1.29, 1.82) is 0 Å². The third-order valence-electron chi connectivity index (χ3n) is 5.96. The van der Waals surface area contributed by atoms with Gasteiger partial charge in [-0.05, 0) is 38.3 Å². The van der Waals surface area contributed by atoms with E-state index in [9.17, 15) is 4.79 Å². The Balaban J connectivity index is 0.00000341. The van der Waals surface area contributed by atoms with E-state index < -0.39 is 0 Å². The summed E-state index contributed by atoms with van der Waals surface area (Å²) >= 11 is 0. The second-order valence-electron chi connectivity index (χ2n) is 8.65. The minimum absolute atomic E-state index is 0. The molecular formula is C23H38IN5O2. The Hall–Kier alpha value is -1.39. The number of carbonyl (C=O) groups excluding carboxylic acids is 1. The lowest BCUT2D eigenvalue weighted by molar-refractivity contribution is -0.128. The number of halogens is 1. The first-order valence-electron chi connectivity index (χ1n) is 11.2. The summed E-state index contributed by atoms with van der Waals surface area (Å²) in [6, 6.07) is 8.30. The van der Waals surface area contributed by atoms with Gasteiger partial charge in [-0.25, -0.2) is 4.99 Å². The monoisotopic (exact) mass is 543 g/mol. The number of hydrogen-bond acceptors (Lipinski definition) is 4. The fourth-order valence-corrected chi connectivity index (χ4v) is 4.03. The lowest BCUT2D eigenvalue weighted by Crippen LogP contribution is -2.56. The van der Waals surface area contributed by atoms with E-state index in [1.54, 1.807) is 0 Å². The quantitative estimate of drug-likeness (QED) is 0.300. The molecule has 174 valence electrons. The van der Waals surface area contributed by atoms with Gasteiger partial charge in [0.1, 0.15) is 0 Å². The molecule has 2 fully saturated rings. The number of aliphatic imine (C=N–C) groups is 1. The van der Waals surface area contributed by atoms with E-state index in [1.807, 2.05) is 17.0 Å². The Morgan fingerprint density at radius 2 is 1.84 bits per heavy atom. The molecule has 0 spiro atoms.